The Bertz CT molecular complexity index is 1310. The molecule has 1 aromatic carbocycles. The van der Waals surface area contributed by atoms with Gasteiger partial charge in [0.05, 0.1) is 5.69 Å². The largest absolute Gasteiger partial charge is 0.340 e. The van der Waals surface area contributed by atoms with Crippen molar-refractivity contribution in [2.75, 3.05) is 10.6 Å². The van der Waals surface area contributed by atoms with Crippen LogP contribution in [0.15, 0.2) is 60.9 Å². The van der Waals surface area contributed by atoms with Crippen molar-refractivity contribution in [3.63, 3.8) is 0 Å². The Kier molecular flexibility index (Phi) is 4.28. The number of benzene rings is 1. The number of H-pyrrole nitrogens is 1. The summed E-state index contributed by atoms with van der Waals surface area (Å²) in [5, 5.41) is 17.7. The van der Waals surface area contributed by atoms with Crippen molar-refractivity contribution in [1.82, 2.24) is 34.8 Å². The Hall–Kier alpha value is -4.34. The Morgan fingerprint density at radius 3 is 2.63 bits per heavy atom. The van der Waals surface area contributed by atoms with Gasteiger partial charge in [0.25, 0.3) is 0 Å². The molecule has 0 saturated carbocycles. The van der Waals surface area contributed by atoms with Gasteiger partial charge in [0.15, 0.2) is 17.3 Å². The van der Waals surface area contributed by atoms with Crippen LogP contribution in [-0.2, 0) is 0 Å². The van der Waals surface area contributed by atoms with Crippen LogP contribution < -0.4 is 10.6 Å². The minimum Gasteiger partial charge on any atom is -0.340 e. The maximum atomic E-state index is 13.2. The maximum Gasteiger partial charge on any atom is 0.162 e. The molecule has 0 spiro atoms. The molecule has 0 amide bonds. The van der Waals surface area contributed by atoms with E-state index in [-0.39, 0.29) is 5.82 Å². The normalized spacial score (nSPS) is 11.0. The number of hydrogen-bond donors (Lipinski definition) is 3. The second-order valence-electron chi connectivity index (χ2n) is 6.50. The first kappa shape index (κ1) is 17.7. The zero-order chi connectivity index (χ0) is 20.5. The molecule has 0 bridgehead atoms. The van der Waals surface area contributed by atoms with Crippen molar-refractivity contribution < 1.29 is 4.39 Å². The van der Waals surface area contributed by atoms with Gasteiger partial charge in [0, 0.05) is 30.2 Å². The average Bonchev–Trinajstić information content (AvgIpc) is 3.37. The second-order valence-corrected chi connectivity index (χ2v) is 6.50. The van der Waals surface area contributed by atoms with Gasteiger partial charge in [-0.1, -0.05) is 0 Å². The summed E-state index contributed by atoms with van der Waals surface area (Å²) in [6.07, 6.45) is 3.40. The zero-order valence-electron chi connectivity index (χ0n) is 15.8. The molecule has 4 heterocycles. The molecule has 4 aromatic heterocycles. The van der Waals surface area contributed by atoms with Crippen LogP contribution in [0, 0.1) is 12.7 Å². The van der Waals surface area contributed by atoms with Gasteiger partial charge in [-0.2, -0.15) is 10.2 Å². The Labute approximate surface area is 170 Å². The Balaban J connectivity index is 1.60. The summed E-state index contributed by atoms with van der Waals surface area (Å²) in [5.41, 5.74) is 2.67. The van der Waals surface area contributed by atoms with E-state index in [2.05, 4.69) is 40.9 Å². The van der Waals surface area contributed by atoms with Gasteiger partial charge in [-0.05, 0) is 43.3 Å². The lowest BCUT2D eigenvalue weighted by Crippen LogP contribution is -2.02. The minimum atomic E-state index is -0.300. The van der Waals surface area contributed by atoms with Crippen LogP contribution in [-0.4, -0.2) is 34.8 Å². The molecule has 5 rings (SSSR count). The van der Waals surface area contributed by atoms with E-state index in [4.69, 9.17) is 0 Å². The third-order valence-corrected chi connectivity index (χ3v) is 4.34. The Morgan fingerprint density at radius 2 is 1.83 bits per heavy atom. The fourth-order valence-electron chi connectivity index (χ4n) is 3.09. The van der Waals surface area contributed by atoms with Gasteiger partial charge in [0.2, 0.25) is 0 Å². The van der Waals surface area contributed by atoms with Gasteiger partial charge < -0.3 is 10.6 Å². The number of imidazole rings is 1. The fourth-order valence-corrected chi connectivity index (χ4v) is 3.09. The van der Waals surface area contributed by atoms with Crippen LogP contribution in [0.25, 0.3) is 17.0 Å². The number of halogens is 1. The molecule has 0 atom stereocenters. The summed E-state index contributed by atoms with van der Waals surface area (Å²) >= 11 is 0. The summed E-state index contributed by atoms with van der Waals surface area (Å²) in [6.45, 7) is 1.80. The molecule has 0 aliphatic carbocycles. The molecule has 5 aromatic rings. The highest BCUT2D eigenvalue weighted by molar-refractivity contribution is 5.78. The van der Waals surface area contributed by atoms with E-state index in [9.17, 15) is 4.39 Å². The molecule has 9 nitrogen and oxygen atoms in total. The minimum absolute atomic E-state index is 0.300. The maximum absolute atomic E-state index is 13.2. The summed E-state index contributed by atoms with van der Waals surface area (Å²) in [5.74, 6) is 2.02. The van der Waals surface area contributed by atoms with Crippen molar-refractivity contribution >= 4 is 28.8 Å². The molecule has 0 fully saturated rings. The van der Waals surface area contributed by atoms with E-state index in [0.717, 1.165) is 0 Å². The van der Waals surface area contributed by atoms with Crippen LogP contribution in [0.1, 0.15) is 5.82 Å². The molecule has 0 unspecified atom stereocenters. The van der Waals surface area contributed by atoms with E-state index in [1.807, 2.05) is 12.1 Å². The lowest BCUT2D eigenvalue weighted by Gasteiger charge is -2.10. The van der Waals surface area contributed by atoms with Crippen molar-refractivity contribution in [2.45, 2.75) is 6.92 Å². The number of fused-ring (bicyclic) bond motifs is 1. The number of nitrogens with zero attached hydrogens (tertiary/aromatic N) is 6. The molecule has 148 valence electrons. The summed E-state index contributed by atoms with van der Waals surface area (Å²) < 4.78 is 14.9. The summed E-state index contributed by atoms with van der Waals surface area (Å²) in [4.78, 5) is 13.7. The van der Waals surface area contributed by atoms with Crippen LogP contribution in [0.3, 0.4) is 0 Å². The number of anilines is 4. The predicted molar refractivity (Wildman–Crippen MR) is 110 cm³/mol. The standard InChI is InChI=1S/C20H16FN9/c1-12-24-15(11-17(25-12)26-14-6-4-13(21)5-7-14)19-20(27-16-8-10-22-29-16)28-18-3-2-9-23-30(18)19/h2-11H,1H3,(H2,22,27,29)(H,24,25,26). The predicted octanol–water partition coefficient (Wildman–Crippen LogP) is 3.84. The molecule has 0 radical (unpaired) electrons. The van der Waals surface area contributed by atoms with E-state index in [1.54, 1.807) is 48.1 Å². The second kappa shape index (κ2) is 7.24. The summed E-state index contributed by atoms with van der Waals surface area (Å²) in [7, 11) is 0. The lowest BCUT2D eigenvalue weighted by atomic mass is 10.2. The van der Waals surface area contributed by atoms with Gasteiger partial charge in [0.1, 0.15) is 23.2 Å². The molecule has 0 aliphatic rings. The van der Waals surface area contributed by atoms with Crippen LogP contribution in [0.5, 0.6) is 0 Å². The summed E-state index contributed by atoms with van der Waals surface area (Å²) in [6, 6.07) is 13.3. The average molecular weight is 401 g/mol. The first-order valence-corrected chi connectivity index (χ1v) is 9.15. The fraction of sp³-hybridized carbons (Fsp3) is 0.0500. The number of hydrogen-bond acceptors (Lipinski definition) is 7. The number of aryl methyl sites for hydroxylation is 1. The number of aromatic nitrogens is 7. The molecule has 0 aliphatic heterocycles. The quantitative estimate of drug-likeness (QED) is 0.410. The van der Waals surface area contributed by atoms with E-state index < -0.39 is 0 Å². The van der Waals surface area contributed by atoms with E-state index >= 15 is 0 Å². The SMILES string of the molecule is Cc1nc(Nc2ccc(F)cc2)cc(-c2c(Nc3cc[nH]n3)nc3cccnn23)n1. The third-order valence-electron chi connectivity index (χ3n) is 4.34. The monoisotopic (exact) mass is 401 g/mol. The molecule has 3 N–H and O–H groups in total. The molecular formula is C20H16FN9. The third kappa shape index (κ3) is 3.41. The highest BCUT2D eigenvalue weighted by Crippen LogP contribution is 2.30. The number of nitrogens with one attached hydrogen (secondary N) is 3. The molecule has 30 heavy (non-hydrogen) atoms. The molecule has 10 heteroatoms. The topological polar surface area (TPSA) is 109 Å². The smallest absolute Gasteiger partial charge is 0.162 e. The number of rotatable bonds is 5. The van der Waals surface area contributed by atoms with E-state index in [1.165, 1.54) is 12.1 Å². The molecule has 0 saturated heterocycles. The van der Waals surface area contributed by atoms with Crippen molar-refractivity contribution in [3.8, 4) is 11.4 Å². The van der Waals surface area contributed by atoms with Crippen molar-refractivity contribution in [2.24, 2.45) is 0 Å². The van der Waals surface area contributed by atoms with Gasteiger partial charge in [-0.3, -0.25) is 5.10 Å². The van der Waals surface area contributed by atoms with Crippen LogP contribution >= 0.6 is 0 Å². The van der Waals surface area contributed by atoms with Crippen LogP contribution in [0.4, 0.5) is 27.5 Å². The number of aromatic amines is 1. The zero-order valence-corrected chi connectivity index (χ0v) is 15.8. The van der Waals surface area contributed by atoms with Gasteiger partial charge in [-0.25, -0.2) is 23.9 Å². The van der Waals surface area contributed by atoms with E-state index in [0.29, 0.717) is 46.0 Å². The van der Waals surface area contributed by atoms with Gasteiger partial charge >= 0.3 is 0 Å². The van der Waals surface area contributed by atoms with Crippen LogP contribution in [0.2, 0.25) is 0 Å². The van der Waals surface area contributed by atoms with Crippen molar-refractivity contribution in [1.29, 1.82) is 0 Å². The van der Waals surface area contributed by atoms with Gasteiger partial charge in [-0.15, -0.1) is 0 Å². The Morgan fingerprint density at radius 1 is 0.967 bits per heavy atom. The first-order chi connectivity index (χ1) is 14.7. The molecular weight excluding hydrogens is 385 g/mol. The first-order valence-electron chi connectivity index (χ1n) is 9.15. The highest BCUT2D eigenvalue weighted by atomic mass is 19.1. The lowest BCUT2D eigenvalue weighted by molar-refractivity contribution is 0.628. The van der Waals surface area contributed by atoms with Crippen molar-refractivity contribution in [3.05, 3.63) is 72.6 Å². The highest BCUT2D eigenvalue weighted by Gasteiger charge is 2.18.